The summed E-state index contributed by atoms with van der Waals surface area (Å²) in [5.74, 6) is 0.916. The fourth-order valence-corrected chi connectivity index (χ4v) is 1.33. The van der Waals surface area contributed by atoms with Crippen molar-refractivity contribution in [2.75, 3.05) is 26.9 Å². The molecule has 0 fully saturated rings. The molecule has 0 atom stereocenters. The molecule has 0 aliphatic heterocycles. The molecule has 0 saturated heterocycles. The molecule has 1 aromatic rings. The van der Waals surface area contributed by atoms with Crippen LogP contribution >= 0.6 is 0 Å². The summed E-state index contributed by atoms with van der Waals surface area (Å²) in [7, 11) is 1.58. The Hall–Kier alpha value is -1.26. The molecule has 1 aromatic carbocycles. The predicted octanol–water partition coefficient (Wildman–Crippen LogP) is 1.53. The standard InChI is InChI=1S/C12H19NO3/c1-3-16-7-6-13-9-10-4-5-11(15-2)8-12(10)14/h4-5,8,13-14H,3,6-7,9H2,1-2H3. The van der Waals surface area contributed by atoms with Gasteiger partial charge in [-0.2, -0.15) is 0 Å². The van der Waals surface area contributed by atoms with E-state index < -0.39 is 0 Å². The highest BCUT2D eigenvalue weighted by atomic mass is 16.5. The number of phenolic OH excluding ortho intramolecular Hbond substituents is 1. The highest BCUT2D eigenvalue weighted by Crippen LogP contribution is 2.22. The van der Waals surface area contributed by atoms with E-state index in [1.54, 1.807) is 13.2 Å². The second-order valence-corrected chi connectivity index (χ2v) is 3.37. The fraction of sp³-hybridized carbons (Fsp3) is 0.500. The fourth-order valence-electron chi connectivity index (χ4n) is 1.33. The average Bonchev–Trinajstić information content (AvgIpc) is 2.30. The molecule has 0 aromatic heterocycles. The summed E-state index contributed by atoms with van der Waals surface area (Å²) in [6.07, 6.45) is 0. The molecule has 0 heterocycles. The van der Waals surface area contributed by atoms with Crippen molar-refractivity contribution in [3.8, 4) is 11.5 Å². The number of methoxy groups -OCH3 is 1. The molecule has 0 radical (unpaired) electrons. The van der Waals surface area contributed by atoms with E-state index in [0.717, 1.165) is 18.7 Å². The van der Waals surface area contributed by atoms with Crippen molar-refractivity contribution in [2.24, 2.45) is 0 Å². The first-order chi connectivity index (χ1) is 7.77. The summed E-state index contributed by atoms with van der Waals surface area (Å²) in [6.45, 7) is 4.79. The van der Waals surface area contributed by atoms with E-state index in [1.807, 2.05) is 19.1 Å². The lowest BCUT2D eigenvalue weighted by Gasteiger charge is -2.08. The Morgan fingerprint density at radius 1 is 1.38 bits per heavy atom. The summed E-state index contributed by atoms with van der Waals surface area (Å²) >= 11 is 0. The van der Waals surface area contributed by atoms with Crippen LogP contribution in [-0.4, -0.2) is 32.0 Å². The number of hydrogen-bond acceptors (Lipinski definition) is 4. The minimum atomic E-state index is 0.253. The van der Waals surface area contributed by atoms with E-state index in [9.17, 15) is 5.11 Å². The molecule has 4 heteroatoms. The van der Waals surface area contributed by atoms with E-state index in [1.165, 1.54) is 0 Å². The van der Waals surface area contributed by atoms with Gasteiger partial charge in [-0.3, -0.25) is 0 Å². The Labute approximate surface area is 96.2 Å². The van der Waals surface area contributed by atoms with Crippen LogP contribution in [0.5, 0.6) is 11.5 Å². The van der Waals surface area contributed by atoms with Crippen LogP contribution < -0.4 is 10.1 Å². The van der Waals surface area contributed by atoms with Crippen LogP contribution in [0.25, 0.3) is 0 Å². The maximum atomic E-state index is 9.67. The first-order valence-corrected chi connectivity index (χ1v) is 5.42. The van der Waals surface area contributed by atoms with Crippen LogP contribution in [0.3, 0.4) is 0 Å². The van der Waals surface area contributed by atoms with Gasteiger partial charge in [0.05, 0.1) is 13.7 Å². The Morgan fingerprint density at radius 3 is 2.81 bits per heavy atom. The van der Waals surface area contributed by atoms with Crippen molar-refractivity contribution in [2.45, 2.75) is 13.5 Å². The molecule has 4 nitrogen and oxygen atoms in total. The van der Waals surface area contributed by atoms with Gasteiger partial charge in [-0.05, 0) is 13.0 Å². The second kappa shape index (κ2) is 7.09. The smallest absolute Gasteiger partial charge is 0.123 e. The molecule has 0 aliphatic rings. The number of hydrogen-bond donors (Lipinski definition) is 2. The Balaban J connectivity index is 2.36. The number of nitrogens with one attached hydrogen (secondary N) is 1. The molecule has 0 bridgehead atoms. The lowest BCUT2D eigenvalue weighted by atomic mass is 10.2. The van der Waals surface area contributed by atoms with Gasteiger partial charge in [-0.25, -0.2) is 0 Å². The van der Waals surface area contributed by atoms with Crippen molar-refractivity contribution < 1.29 is 14.6 Å². The van der Waals surface area contributed by atoms with Gasteiger partial charge in [0, 0.05) is 31.3 Å². The molecule has 2 N–H and O–H groups in total. The molecule has 0 aliphatic carbocycles. The topological polar surface area (TPSA) is 50.7 Å². The number of ether oxygens (including phenoxy) is 2. The third-order valence-electron chi connectivity index (χ3n) is 2.24. The highest BCUT2D eigenvalue weighted by molar-refractivity contribution is 5.39. The molecular weight excluding hydrogens is 206 g/mol. The van der Waals surface area contributed by atoms with Gasteiger partial charge in [0.2, 0.25) is 0 Å². The van der Waals surface area contributed by atoms with E-state index in [-0.39, 0.29) is 5.75 Å². The molecule has 16 heavy (non-hydrogen) atoms. The minimum Gasteiger partial charge on any atom is -0.507 e. The van der Waals surface area contributed by atoms with Crippen molar-refractivity contribution in [3.05, 3.63) is 23.8 Å². The van der Waals surface area contributed by atoms with E-state index in [4.69, 9.17) is 9.47 Å². The maximum Gasteiger partial charge on any atom is 0.123 e. The molecule has 1 rings (SSSR count). The first-order valence-electron chi connectivity index (χ1n) is 5.42. The van der Waals surface area contributed by atoms with Crippen LogP contribution in [0, 0.1) is 0 Å². The second-order valence-electron chi connectivity index (χ2n) is 3.37. The van der Waals surface area contributed by atoms with Crippen LogP contribution in [0.4, 0.5) is 0 Å². The molecule has 0 unspecified atom stereocenters. The van der Waals surface area contributed by atoms with Gasteiger partial charge in [0.1, 0.15) is 11.5 Å². The van der Waals surface area contributed by atoms with Gasteiger partial charge in [0.15, 0.2) is 0 Å². The lowest BCUT2D eigenvalue weighted by molar-refractivity contribution is 0.149. The first kappa shape index (κ1) is 12.8. The Morgan fingerprint density at radius 2 is 2.19 bits per heavy atom. The molecule has 0 spiro atoms. The summed E-state index contributed by atoms with van der Waals surface area (Å²) in [5.41, 5.74) is 0.859. The summed E-state index contributed by atoms with van der Waals surface area (Å²) in [5, 5.41) is 12.9. The van der Waals surface area contributed by atoms with Crippen LogP contribution in [0.1, 0.15) is 12.5 Å². The molecular formula is C12H19NO3. The SMILES string of the molecule is CCOCCNCc1ccc(OC)cc1O. The molecule has 0 amide bonds. The van der Waals surface area contributed by atoms with Crippen LogP contribution in [0.15, 0.2) is 18.2 Å². The largest absolute Gasteiger partial charge is 0.507 e. The van der Waals surface area contributed by atoms with Crippen LogP contribution in [-0.2, 0) is 11.3 Å². The van der Waals surface area contributed by atoms with E-state index in [0.29, 0.717) is 18.9 Å². The Bertz CT molecular complexity index is 315. The number of aromatic hydroxyl groups is 1. The normalized spacial score (nSPS) is 10.4. The third kappa shape index (κ3) is 4.08. The van der Waals surface area contributed by atoms with E-state index >= 15 is 0 Å². The highest BCUT2D eigenvalue weighted by Gasteiger charge is 2.02. The predicted molar refractivity (Wildman–Crippen MR) is 62.9 cm³/mol. The quantitative estimate of drug-likeness (QED) is 0.691. The number of rotatable bonds is 7. The average molecular weight is 225 g/mol. The molecule has 90 valence electrons. The third-order valence-corrected chi connectivity index (χ3v) is 2.24. The zero-order chi connectivity index (χ0) is 11.8. The van der Waals surface area contributed by atoms with Crippen LogP contribution in [0.2, 0.25) is 0 Å². The molecule has 0 saturated carbocycles. The number of phenols is 1. The van der Waals surface area contributed by atoms with E-state index in [2.05, 4.69) is 5.32 Å². The van der Waals surface area contributed by atoms with Crippen molar-refractivity contribution in [1.29, 1.82) is 0 Å². The lowest BCUT2D eigenvalue weighted by Crippen LogP contribution is -2.19. The number of benzene rings is 1. The zero-order valence-corrected chi connectivity index (χ0v) is 9.82. The van der Waals surface area contributed by atoms with Gasteiger partial charge >= 0.3 is 0 Å². The van der Waals surface area contributed by atoms with Gasteiger partial charge in [-0.15, -0.1) is 0 Å². The Kier molecular flexibility index (Phi) is 5.67. The summed E-state index contributed by atoms with van der Waals surface area (Å²) in [6, 6.07) is 5.29. The van der Waals surface area contributed by atoms with Crippen molar-refractivity contribution in [3.63, 3.8) is 0 Å². The summed E-state index contributed by atoms with van der Waals surface area (Å²) < 4.78 is 10.2. The van der Waals surface area contributed by atoms with Gasteiger partial charge in [0.25, 0.3) is 0 Å². The van der Waals surface area contributed by atoms with Gasteiger partial charge < -0.3 is 19.9 Å². The van der Waals surface area contributed by atoms with Crippen molar-refractivity contribution >= 4 is 0 Å². The summed E-state index contributed by atoms with van der Waals surface area (Å²) in [4.78, 5) is 0. The maximum absolute atomic E-state index is 9.67. The zero-order valence-electron chi connectivity index (χ0n) is 9.82. The van der Waals surface area contributed by atoms with Gasteiger partial charge in [-0.1, -0.05) is 6.07 Å². The monoisotopic (exact) mass is 225 g/mol. The minimum absolute atomic E-state index is 0.253. The van der Waals surface area contributed by atoms with Crippen molar-refractivity contribution in [1.82, 2.24) is 5.32 Å².